The minimum absolute atomic E-state index is 0.775. The van der Waals surface area contributed by atoms with E-state index in [0.717, 1.165) is 16.8 Å². The van der Waals surface area contributed by atoms with Crippen molar-refractivity contribution in [1.82, 2.24) is 4.98 Å². The van der Waals surface area contributed by atoms with Crippen LogP contribution in [-0.2, 0) is 4.43 Å². The number of para-hydroxylation sites is 1. The molecule has 0 radical (unpaired) electrons. The maximum absolute atomic E-state index is 5.91. The molecule has 16 heavy (non-hydrogen) atoms. The molecule has 2 aromatic rings. The van der Waals surface area contributed by atoms with Gasteiger partial charge in [0.05, 0.1) is 0 Å². The molecular weight excluding hydrogens is 214 g/mol. The molecule has 0 aliphatic carbocycles. The van der Waals surface area contributed by atoms with E-state index in [2.05, 4.69) is 43.3 Å². The van der Waals surface area contributed by atoms with E-state index in [-0.39, 0.29) is 0 Å². The van der Waals surface area contributed by atoms with E-state index in [9.17, 15) is 0 Å². The van der Waals surface area contributed by atoms with Gasteiger partial charge in [0, 0.05) is 22.7 Å². The summed E-state index contributed by atoms with van der Waals surface area (Å²) >= 11 is 0. The maximum atomic E-state index is 5.91. The SMILES string of the molecule is C=C(O[Si](C)(C)C)c1c[nH]c2ccccc12. The zero-order valence-electron chi connectivity index (χ0n) is 10.0. The number of benzene rings is 1. The van der Waals surface area contributed by atoms with E-state index < -0.39 is 8.32 Å². The molecule has 3 heteroatoms. The zero-order chi connectivity index (χ0) is 11.8. The fourth-order valence-electron chi connectivity index (χ4n) is 1.73. The third kappa shape index (κ3) is 2.19. The molecule has 1 heterocycles. The quantitative estimate of drug-likeness (QED) is 0.627. The molecule has 84 valence electrons. The van der Waals surface area contributed by atoms with Crippen LogP contribution in [0.3, 0.4) is 0 Å². The second-order valence-corrected chi connectivity index (χ2v) is 9.31. The molecule has 1 N–H and O–H groups in total. The predicted molar refractivity (Wildman–Crippen MR) is 71.8 cm³/mol. The van der Waals surface area contributed by atoms with Gasteiger partial charge < -0.3 is 9.41 Å². The first kappa shape index (κ1) is 11.0. The van der Waals surface area contributed by atoms with Crippen molar-refractivity contribution in [3.8, 4) is 0 Å². The standard InChI is InChI=1S/C13H17NOSi/c1-10(15-16(2,3)4)12-9-14-13-8-6-5-7-11(12)13/h5-9,14H,1H2,2-4H3. The van der Waals surface area contributed by atoms with Crippen LogP contribution in [0.15, 0.2) is 37.0 Å². The average molecular weight is 231 g/mol. The molecule has 0 aliphatic heterocycles. The summed E-state index contributed by atoms with van der Waals surface area (Å²) in [7, 11) is -1.58. The summed E-state index contributed by atoms with van der Waals surface area (Å²) in [5.41, 5.74) is 2.19. The lowest BCUT2D eigenvalue weighted by molar-refractivity contribution is 0.517. The van der Waals surface area contributed by atoms with Gasteiger partial charge in [0.1, 0.15) is 5.76 Å². The molecule has 0 spiro atoms. The van der Waals surface area contributed by atoms with Crippen LogP contribution >= 0.6 is 0 Å². The summed E-state index contributed by atoms with van der Waals surface area (Å²) in [6.45, 7) is 10.5. The number of rotatable bonds is 3. The number of hydrogen-bond acceptors (Lipinski definition) is 1. The minimum atomic E-state index is -1.58. The van der Waals surface area contributed by atoms with Gasteiger partial charge in [-0.2, -0.15) is 0 Å². The van der Waals surface area contributed by atoms with E-state index in [1.165, 1.54) is 5.39 Å². The van der Waals surface area contributed by atoms with E-state index in [0.29, 0.717) is 0 Å². The fourth-order valence-corrected chi connectivity index (χ4v) is 2.58. The lowest BCUT2D eigenvalue weighted by Gasteiger charge is -2.20. The first-order valence-corrected chi connectivity index (χ1v) is 8.82. The van der Waals surface area contributed by atoms with Crippen LogP contribution in [0.2, 0.25) is 19.6 Å². The van der Waals surface area contributed by atoms with Gasteiger partial charge in [-0.1, -0.05) is 24.8 Å². The third-order valence-electron chi connectivity index (χ3n) is 2.32. The molecule has 2 rings (SSSR count). The van der Waals surface area contributed by atoms with Crippen molar-refractivity contribution in [1.29, 1.82) is 0 Å². The van der Waals surface area contributed by atoms with Crippen LogP contribution in [0.25, 0.3) is 16.7 Å². The van der Waals surface area contributed by atoms with E-state index in [1.807, 2.05) is 18.3 Å². The monoisotopic (exact) mass is 231 g/mol. The highest BCUT2D eigenvalue weighted by Gasteiger charge is 2.18. The summed E-state index contributed by atoms with van der Waals surface area (Å²) < 4.78 is 5.91. The highest BCUT2D eigenvalue weighted by atomic mass is 28.4. The number of aromatic amines is 1. The molecule has 0 fully saturated rings. The summed E-state index contributed by atoms with van der Waals surface area (Å²) in [6.07, 6.45) is 1.97. The number of aromatic nitrogens is 1. The normalized spacial score (nSPS) is 11.7. The molecule has 0 bridgehead atoms. The Balaban J connectivity index is 2.37. The van der Waals surface area contributed by atoms with Gasteiger partial charge in [0.2, 0.25) is 8.32 Å². The van der Waals surface area contributed by atoms with Gasteiger partial charge >= 0.3 is 0 Å². The van der Waals surface area contributed by atoms with Crippen molar-refractivity contribution in [2.45, 2.75) is 19.6 Å². The Hall–Kier alpha value is -1.48. The molecule has 1 aromatic carbocycles. The molecule has 0 amide bonds. The van der Waals surface area contributed by atoms with Gasteiger partial charge in [-0.25, -0.2) is 0 Å². The van der Waals surface area contributed by atoms with Crippen molar-refractivity contribution < 1.29 is 4.43 Å². The Bertz CT molecular complexity index is 522. The fraction of sp³-hybridized carbons (Fsp3) is 0.231. The van der Waals surface area contributed by atoms with E-state index in [4.69, 9.17) is 4.43 Å². The zero-order valence-corrected chi connectivity index (χ0v) is 11.0. The van der Waals surface area contributed by atoms with Gasteiger partial charge in [0.25, 0.3) is 0 Å². The maximum Gasteiger partial charge on any atom is 0.242 e. The van der Waals surface area contributed by atoms with Gasteiger partial charge in [0.15, 0.2) is 0 Å². The van der Waals surface area contributed by atoms with Crippen LogP contribution in [0.4, 0.5) is 0 Å². The van der Waals surface area contributed by atoms with Crippen LogP contribution < -0.4 is 0 Å². The molecule has 0 atom stereocenters. The Morgan fingerprint density at radius 2 is 1.94 bits per heavy atom. The topological polar surface area (TPSA) is 25.0 Å². The van der Waals surface area contributed by atoms with E-state index >= 15 is 0 Å². The minimum Gasteiger partial charge on any atom is -0.544 e. The van der Waals surface area contributed by atoms with Crippen molar-refractivity contribution in [2.75, 3.05) is 0 Å². The van der Waals surface area contributed by atoms with Crippen LogP contribution in [0.1, 0.15) is 5.56 Å². The molecule has 0 unspecified atom stereocenters. The molecule has 0 aliphatic rings. The average Bonchev–Trinajstić information content (AvgIpc) is 2.58. The summed E-state index contributed by atoms with van der Waals surface area (Å²) in [4.78, 5) is 3.23. The third-order valence-corrected chi connectivity index (χ3v) is 3.18. The number of nitrogens with one attached hydrogen (secondary N) is 1. The number of hydrogen-bond donors (Lipinski definition) is 1. The first-order chi connectivity index (χ1) is 7.47. The Labute approximate surface area is 97.1 Å². The summed E-state index contributed by atoms with van der Waals surface area (Å²) in [6, 6.07) is 8.19. The van der Waals surface area contributed by atoms with Crippen LogP contribution in [0.5, 0.6) is 0 Å². The lowest BCUT2D eigenvalue weighted by atomic mass is 10.1. The Morgan fingerprint density at radius 1 is 1.25 bits per heavy atom. The first-order valence-electron chi connectivity index (χ1n) is 5.42. The van der Waals surface area contributed by atoms with Crippen LogP contribution in [0, 0.1) is 0 Å². The molecular formula is C13H17NOSi. The Morgan fingerprint density at radius 3 is 2.62 bits per heavy atom. The number of fused-ring (bicyclic) bond motifs is 1. The largest absolute Gasteiger partial charge is 0.544 e. The van der Waals surface area contributed by atoms with Crippen LogP contribution in [-0.4, -0.2) is 13.3 Å². The summed E-state index contributed by atoms with van der Waals surface area (Å²) in [5, 5.41) is 1.17. The van der Waals surface area contributed by atoms with E-state index in [1.54, 1.807) is 0 Å². The van der Waals surface area contributed by atoms with Crippen molar-refractivity contribution in [2.24, 2.45) is 0 Å². The second kappa shape index (κ2) is 3.83. The number of H-pyrrole nitrogens is 1. The Kier molecular flexibility index (Phi) is 2.64. The van der Waals surface area contributed by atoms with Crippen molar-refractivity contribution in [3.63, 3.8) is 0 Å². The highest BCUT2D eigenvalue weighted by molar-refractivity contribution is 6.70. The molecule has 1 aromatic heterocycles. The van der Waals surface area contributed by atoms with Crippen molar-refractivity contribution >= 4 is 25.0 Å². The molecule has 0 saturated carbocycles. The lowest BCUT2D eigenvalue weighted by Crippen LogP contribution is -2.23. The summed E-state index contributed by atoms with van der Waals surface area (Å²) in [5.74, 6) is 0.775. The second-order valence-electron chi connectivity index (χ2n) is 4.89. The van der Waals surface area contributed by atoms with Crippen molar-refractivity contribution in [3.05, 3.63) is 42.6 Å². The highest BCUT2D eigenvalue weighted by Crippen LogP contribution is 2.26. The van der Waals surface area contributed by atoms with Gasteiger partial charge in [-0.05, 0) is 25.7 Å². The smallest absolute Gasteiger partial charge is 0.242 e. The van der Waals surface area contributed by atoms with Gasteiger partial charge in [-0.3, -0.25) is 0 Å². The predicted octanol–water partition coefficient (Wildman–Crippen LogP) is 3.99. The molecule has 2 nitrogen and oxygen atoms in total. The molecule has 0 saturated heterocycles. The van der Waals surface area contributed by atoms with Gasteiger partial charge in [-0.15, -0.1) is 0 Å².